The van der Waals surface area contributed by atoms with E-state index in [1.54, 1.807) is 0 Å². The second-order valence-corrected chi connectivity index (χ2v) is 3.98. The molecule has 9 heteroatoms. The van der Waals surface area contributed by atoms with Crippen molar-refractivity contribution in [2.45, 2.75) is 6.18 Å². The molecule has 1 aromatic heterocycles. The van der Waals surface area contributed by atoms with Crippen LogP contribution in [-0.4, -0.2) is 47.0 Å². The van der Waals surface area contributed by atoms with Crippen LogP contribution in [0.3, 0.4) is 0 Å². The van der Waals surface area contributed by atoms with Crippen LogP contribution in [-0.2, 0) is 15.8 Å². The van der Waals surface area contributed by atoms with Gasteiger partial charge in [0.1, 0.15) is 0 Å². The SMILES string of the molecule is CN1C(=O)CN(c2ccc(C(F)(F)F)nn2)CC1=O. The largest absolute Gasteiger partial charge is 0.435 e. The van der Waals surface area contributed by atoms with Crippen molar-refractivity contribution in [1.29, 1.82) is 0 Å². The van der Waals surface area contributed by atoms with E-state index in [-0.39, 0.29) is 18.9 Å². The normalized spacial score (nSPS) is 17.1. The molecule has 0 unspecified atom stereocenters. The standard InChI is InChI=1S/C10H9F3N4O2/c1-16-8(18)4-17(5-9(16)19)7-3-2-6(14-15-7)10(11,12)13/h2-3H,4-5H2,1H3. The van der Waals surface area contributed by atoms with Gasteiger partial charge in [0.2, 0.25) is 11.8 Å². The maximum absolute atomic E-state index is 12.3. The Morgan fingerprint density at radius 3 is 2.11 bits per heavy atom. The summed E-state index contributed by atoms with van der Waals surface area (Å²) in [5.41, 5.74) is -1.12. The van der Waals surface area contributed by atoms with Gasteiger partial charge in [0.05, 0.1) is 13.1 Å². The zero-order valence-corrected chi connectivity index (χ0v) is 9.81. The number of rotatable bonds is 1. The molecule has 0 aromatic carbocycles. The van der Waals surface area contributed by atoms with Crippen molar-refractivity contribution in [3.8, 4) is 0 Å². The van der Waals surface area contributed by atoms with Crippen LogP contribution < -0.4 is 4.90 Å². The number of carbonyl (C=O) groups excluding carboxylic acids is 2. The highest BCUT2D eigenvalue weighted by molar-refractivity contribution is 6.02. The lowest BCUT2D eigenvalue weighted by atomic mass is 10.3. The molecule has 0 radical (unpaired) electrons. The molecule has 0 atom stereocenters. The van der Waals surface area contributed by atoms with Crippen LogP contribution in [0.15, 0.2) is 12.1 Å². The molecule has 102 valence electrons. The van der Waals surface area contributed by atoms with E-state index in [1.807, 2.05) is 0 Å². The number of piperazine rings is 1. The second kappa shape index (κ2) is 4.48. The van der Waals surface area contributed by atoms with Gasteiger partial charge in [0.25, 0.3) is 0 Å². The van der Waals surface area contributed by atoms with Crippen molar-refractivity contribution >= 4 is 17.6 Å². The first-order valence-electron chi connectivity index (χ1n) is 5.24. The predicted octanol–water partition coefficient (Wildman–Crippen LogP) is 0.300. The number of halogens is 3. The van der Waals surface area contributed by atoms with Crippen molar-refractivity contribution in [2.24, 2.45) is 0 Å². The Morgan fingerprint density at radius 1 is 1.11 bits per heavy atom. The van der Waals surface area contributed by atoms with E-state index in [4.69, 9.17) is 0 Å². The first-order valence-corrected chi connectivity index (χ1v) is 5.24. The zero-order chi connectivity index (χ0) is 14.2. The van der Waals surface area contributed by atoms with Gasteiger partial charge in [-0.3, -0.25) is 14.5 Å². The third-order valence-corrected chi connectivity index (χ3v) is 2.67. The van der Waals surface area contributed by atoms with Gasteiger partial charge >= 0.3 is 6.18 Å². The molecule has 1 saturated heterocycles. The van der Waals surface area contributed by atoms with E-state index >= 15 is 0 Å². The summed E-state index contributed by atoms with van der Waals surface area (Å²) in [6, 6.07) is 1.84. The molecule has 1 aliphatic rings. The summed E-state index contributed by atoms with van der Waals surface area (Å²) in [7, 11) is 1.35. The van der Waals surface area contributed by atoms with Crippen LogP contribution >= 0.6 is 0 Å². The number of carbonyl (C=O) groups is 2. The van der Waals surface area contributed by atoms with Gasteiger partial charge in [-0.05, 0) is 12.1 Å². The molecule has 0 N–H and O–H groups in total. The topological polar surface area (TPSA) is 66.4 Å². The van der Waals surface area contributed by atoms with Crippen LogP contribution in [0, 0.1) is 0 Å². The Morgan fingerprint density at radius 2 is 1.68 bits per heavy atom. The zero-order valence-electron chi connectivity index (χ0n) is 9.81. The minimum Gasteiger partial charge on any atom is -0.336 e. The molecule has 0 spiro atoms. The van der Waals surface area contributed by atoms with E-state index in [9.17, 15) is 22.8 Å². The van der Waals surface area contributed by atoms with Gasteiger partial charge in [-0.15, -0.1) is 10.2 Å². The Hall–Kier alpha value is -2.19. The van der Waals surface area contributed by atoms with E-state index in [0.29, 0.717) is 0 Å². The molecule has 1 fully saturated rings. The summed E-state index contributed by atoms with van der Waals surface area (Å²) >= 11 is 0. The molecule has 0 saturated carbocycles. The maximum atomic E-state index is 12.3. The number of likely N-dealkylation sites (N-methyl/N-ethyl adjacent to an activating group) is 1. The second-order valence-electron chi connectivity index (χ2n) is 3.98. The third kappa shape index (κ3) is 2.64. The van der Waals surface area contributed by atoms with Crippen LogP contribution in [0.5, 0.6) is 0 Å². The quantitative estimate of drug-likeness (QED) is 0.689. The summed E-state index contributed by atoms with van der Waals surface area (Å²) in [6.45, 7) is -0.245. The minimum atomic E-state index is -4.57. The van der Waals surface area contributed by atoms with E-state index < -0.39 is 23.7 Å². The monoisotopic (exact) mass is 274 g/mol. The summed E-state index contributed by atoms with van der Waals surface area (Å²) < 4.78 is 36.9. The van der Waals surface area contributed by atoms with Gasteiger partial charge in [-0.1, -0.05) is 0 Å². The van der Waals surface area contributed by atoms with E-state index in [0.717, 1.165) is 17.0 Å². The van der Waals surface area contributed by atoms with Crippen molar-refractivity contribution in [2.75, 3.05) is 25.0 Å². The number of aromatic nitrogens is 2. The molecule has 2 amide bonds. The van der Waals surface area contributed by atoms with Gasteiger partial charge in [0, 0.05) is 7.05 Å². The number of hydrogen-bond donors (Lipinski definition) is 0. The molecule has 2 heterocycles. The van der Waals surface area contributed by atoms with Gasteiger partial charge in [0.15, 0.2) is 11.5 Å². The molecule has 2 rings (SSSR count). The van der Waals surface area contributed by atoms with Crippen molar-refractivity contribution in [3.63, 3.8) is 0 Å². The number of nitrogens with zero attached hydrogens (tertiary/aromatic N) is 4. The maximum Gasteiger partial charge on any atom is 0.435 e. The average Bonchev–Trinajstić information content (AvgIpc) is 2.34. The van der Waals surface area contributed by atoms with Crippen molar-refractivity contribution in [3.05, 3.63) is 17.8 Å². The van der Waals surface area contributed by atoms with Crippen LogP contribution in [0.1, 0.15) is 5.69 Å². The highest BCUT2D eigenvalue weighted by Gasteiger charge is 2.34. The molecule has 6 nitrogen and oxygen atoms in total. The number of anilines is 1. The lowest BCUT2D eigenvalue weighted by Gasteiger charge is -2.30. The molecule has 0 aliphatic carbocycles. The highest BCUT2D eigenvalue weighted by atomic mass is 19.4. The van der Waals surface area contributed by atoms with Crippen LogP contribution in [0.4, 0.5) is 19.0 Å². The fraction of sp³-hybridized carbons (Fsp3) is 0.400. The lowest BCUT2D eigenvalue weighted by Crippen LogP contribution is -2.52. The molecular weight excluding hydrogens is 265 g/mol. The molecular formula is C10H9F3N4O2. The highest BCUT2D eigenvalue weighted by Crippen LogP contribution is 2.27. The van der Waals surface area contributed by atoms with Gasteiger partial charge in [-0.2, -0.15) is 13.2 Å². The molecule has 0 bridgehead atoms. The van der Waals surface area contributed by atoms with E-state index in [1.165, 1.54) is 11.9 Å². The third-order valence-electron chi connectivity index (χ3n) is 2.67. The Kier molecular flexibility index (Phi) is 3.13. The summed E-state index contributed by atoms with van der Waals surface area (Å²) in [6.07, 6.45) is -4.57. The summed E-state index contributed by atoms with van der Waals surface area (Å²) in [5.74, 6) is -0.835. The van der Waals surface area contributed by atoms with Crippen molar-refractivity contribution in [1.82, 2.24) is 15.1 Å². The number of imide groups is 1. The Bertz CT molecular complexity index is 497. The van der Waals surface area contributed by atoms with Crippen LogP contribution in [0.25, 0.3) is 0 Å². The molecule has 19 heavy (non-hydrogen) atoms. The minimum absolute atomic E-state index is 0.0581. The van der Waals surface area contributed by atoms with Crippen molar-refractivity contribution < 1.29 is 22.8 Å². The Balaban J connectivity index is 2.19. The summed E-state index contributed by atoms with van der Waals surface area (Å²) in [4.78, 5) is 25.1. The lowest BCUT2D eigenvalue weighted by molar-refractivity contribution is -0.144. The van der Waals surface area contributed by atoms with Gasteiger partial charge in [-0.25, -0.2) is 0 Å². The smallest absolute Gasteiger partial charge is 0.336 e. The first-order chi connectivity index (χ1) is 8.79. The summed E-state index contributed by atoms with van der Waals surface area (Å²) in [5, 5.41) is 6.44. The number of alkyl halides is 3. The fourth-order valence-electron chi connectivity index (χ4n) is 1.54. The molecule has 1 aliphatic heterocycles. The first kappa shape index (κ1) is 13.2. The Labute approximate surface area is 105 Å². The number of hydrogen-bond acceptors (Lipinski definition) is 5. The molecule has 1 aromatic rings. The number of amides is 2. The van der Waals surface area contributed by atoms with Crippen LogP contribution in [0.2, 0.25) is 0 Å². The predicted molar refractivity (Wildman–Crippen MR) is 57.0 cm³/mol. The fourth-order valence-corrected chi connectivity index (χ4v) is 1.54. The van der Waals surface area contributed by atoms with Gasteiger partial charge < -0.3 is 4.90 Å². The van der Waals surface area contributed by atoms with E-state index in [2.05, 4.69) is 10.2 Å². The average molecular weight is 274 g/mol.